The summed E-state index contributed by atoms with van der Waals surface area (Å²) in [5.74, 6) is 1.73. The Balaban J connectivity index is 1.93. The minimum Gasteiger partial charge on any atom is -0.496 e. The second kappa shape index (κ2) is 6.62. The summed E-state index contributed by atoms with van der Waals surface area (Å²) < 4.78 is 5.41. The molecule has 1 aromatic carbocycles. The molecule has 0 unspecified atom stereocenters. The van der Waals surface area contributed by atoms with Crippen molar-refractivity contribution < 1.29 is 4.74 Å². The van der Waals surface area contributed by atoms with Gasteiger partial charge in [-0.15, -0.1) is 11.6 Å². The van der Waals surface area contributed by atoms with E-state index in [1.54, 1.807) is 7.11 Å². The van der Waals surface area contributed by atoms with E-state index in [9.17, 15) is 0 Å². The Morgan fingerprint density at radius 3 is 2.68 bits per heavy atom. The van der Waals surface area contributed by atoms with Crippen LogP contribution in [0.3, 0.4) is 0 Å². The van der Waals surface area contributed by atoms with Crippen LogP contribution in [-0.2, 0) is 6.54 Å². The summed E-state index contributed by atoms with van der Waals surface area (Å²) in [6.07, 6.45) is 5.16. The van der Waals surface area contributed by atoms with E-state index in [-0.39, 0.29) is 0 Å². The smallest absolute Gasteiger partial charge is 0.123 e. The van der Waals surface area contributed by atoms with Crippen molar-refractivity contribution in [2.45, 2.75) is 39.2 Å². The topological polar surface area (TPSA) is 21.3 Å². The maximum Gasteiger partial charge on any atom is 0.123 e. The first-order chi connectivity index (χ1) is 9.19. The summed E-state index contributed by atoms with van der Waals surface area (Å²) in [5, 5.41) is 3.57. The van der Waals surface area contributed by atoms with Crippen LogP contribution in [0, 0.1) is 12.3 Å². The van der Waals surface area contributed by atoms with Crippen LogP contribution in [0.15, 0.2) is 18.2 Å². The highest BCUT2D eigenvalue weighted by molar-refractivity contribution is 6.18. The molecule has 106 valence electrons. The summed E-state index contributed by atoms with van der Waals surface area (Å²) in [6, 6.07) is 6.31. The van der Waals surface area contributed by atoms with Gasteiger partial charge >= 0.3 is 0 Å². The quantitative estimate of drug-likeness (QED) is 0.799. The average Bonchev–Trinajstić information content (AvgIpc) is 2.88. The van der Waals surface area contributed by atoms with Gasteiger partial charge in [-0.3, -0.25) is 0 Å². The van der Waals surface area contributed by atoms with Crippen molar-refractivity contribution in [2.24, 2.45) is 5.41 Å². The summed E-state index contributed by atoms with van der Waals surface area (Å²) in [5.41, 5.74) is 2.81. The Morgan fingerprint density at radius 1 is 1.32 bits per heavy atom. The van der Waals surface area contributed by atoms with Crippen molar-refractivity contribution in [3.05, 3.63) is 29.3 Å². The molecule has 1 aliphatic carbocycles. The molecule has 1 fully saturated rings. The molecule has 1 aliphatic rings. The van der Waals surface area contributed by atoms with Gasteiger partial charge in [-0.25, -0.2) is 0 Å². The summed E-state index contributed by atoms with van der Waals surface area (Å²) >= 11 is 6.17. The fraction of sp³-hybridized carbons (Fsp3) is 0.625. The zero-order valence-electron chi connectivity index (χ0n) is 12.0. The zero-order valence-corrected chi connectivity index (χ0v) is 12.7. The van der Waals surface area contributed by atoms with E-state index in [2.05, 4.69) is 24.4 Å². The molecule has 1 saturated carbocycles. The number of alkyl halides is 1. The molecular weight excluding hydrogens is 258 g/mol. The first-order valence-corrected chi connectivity index (χ1v) is 7.63. The zero-order chi connectivity index (χ0) is 13.7. The second-order valence-corrected chi connectivity index (χ2v) is 6.03. The first-order valence-electron chi connectivity index (χ1n) is 7.09. The van der Waals surface area contributed by atoms with Crippen LogP contribution in [0.25, 0.3) is 0 Å². The lowest BCUT2D eigenvalue weighted by Gasteiger charge is -2.26. The normalized spacial score (nSPS) is 17.6. The lowest BCUT2D eigenvalue weighted by molar-refractivity contribution is 0.318. The summed E-state index contributed by atoms with van der Waals surface area (Å²) in [6.45, 7) is 3.97. The van der Waals surface area contributed by atoms with Crippen molar-refractivity contribution in [1.82, 2.24) is 5.32 Å². The van der Waals surface area contributed by atoms with Crippen LogP contribution in [0.2, 0.25) is 0 Å². The molecule has 0 heterocycles. The maximum atomic E-state index is 6.17. The molecule has 1 aromatic rings. The lowest BCUT2D eigenvalue weighted by Crippen LogP contribution is -2.33. The largest absolute Gasteiger partial charge is 0.496 e. The predicted molar refractivity (Wildman–Crippen MR) is 81.1 cm³/mol. The molecule has 0 saturated heterocycles. The Hall–Kier alpha value is -0.730. The van der Waals surface area contributed by atoms with E-state index in [1.807, 2.05) is 6.07 Å². The molecule has 3 heteroatoms. The van der Waals surface area contributed by atoms with Gasteiger partial charge in [-0.05, 0) is 31.2 Å². The van der Waals surface area contributed by atoms with E-state index in [0.29, 0.717) is 5.41 Å². The Labute approximate surface area is 121 Å². The average molecular weight is 282 g/mol. The molecule has 0 atom stereocenters. The molecule has 2 rings (SSSR count). The van der Waals surface area contributed by atoms with Crippen molar-refractivity contribution in [1.29, 1.82) is 0 Å². The standard InChI is InChI=1S/C16H24ClNO/c1-13-5-6-15(19-2)14(9-13)10-18-12-16(11-17)7-3-4-8-16/h5-6,9,18H,3-4,7-8,10-12H2,1-2H3. The minimum atomic E-state index is 0.318. The molecule has 0 spiro atoms. The van der Waals surface area contributed by atoms with Crippen LogP contribution in [0.4, 0.5) is 0 Å². The number of hydrogen-bond donors (Lipinski definition) is 1. The molecule has 2 nitrogen and oxygen atoms in total. The van der Waals surface area contributed by atoms with Gasteiger partial charge in [0.15, 0.2) is 0 Å². The number of hydrogen-bond acceptors (Lipinski definition) is 2. The fourth-order valence-electron chi connectivity index (χ4n) is 2.99. The van der Waals surface area contributed by atoms with Crippen molar-refractivity contribution >= 4 is 11.6 Å². The third kappa shape index (κ3) is 3.64. The molecule has 1 N–H and O–H groups in total. The van der Waals surface area contributed by atoms with Crippen molar-refractivity contribution in [3.8, 4) is 5.75 Å². The summed E-state index contributed by atoms with van der Waals surface area (Å²) in [7, 11) is 1.73. The van der Waals surface area contributed by atoms with Crippen LogP contribution in [-0.4, -0.2) is 19.5 Å². The fourth-order valence-corrected chi connectivity index (χ4v) is 3.35. The first kappa shape index (κ1) is 14.7. The Bertz CT molecular complexity index is 413. The number of halogens is 1. The van der Waals surface area contributed by atoms with Crippen LogP contribution < -0.4 is 10.1 Å². The monoisotopic (exact) mass is 281 g/mol. The minimum absolute atomic E-state index is 0.318. The van der Waals surface area contributed by atoms with E-state index in [1.165, 1.54) is 36.8 Å². The number of rotatable bonds is 6. The molecule has 0 amide bonds. The van der Waals surface area contributed by atoms with E-state index < -0.39 is 0 Å². The van der Waals surface area contributed by atoms with Crippen LogP contribution in [0.5, 0.6) is 5.75 Å². The third-order valence-electron chi connectivity index (χ3n) is 4.20. The highest BCUT2D eigenvalue weighted by Gasteiger charge is 2.32. The number of benzene rings is 1. The van der Waals surface area contributed by atoms with Crippen molar-refractivity contribution in [2.75, 3.05) is 19.5 Å². The van der Waals surface area contributed by atoms with Gasteiger partial charge < -0.3 is 10.1 Å². The molecule has 19 heavy (non-hydrogen) atoms. The van der Waals surface area contributed by atoms with Crippen LogP contribution in [0.1, 0.15) is 36.8 Å². The number of ether oxygens (including phenoxy) is 1. The van der Waals surface area contributed by atoms with E-state index in [4.69, 9.17) is 16.3 Å². The van der Waals surface area contributed by atoms with E-state index in [0.717, 1.165) is 24.7 Å². The number of nitrogens with one attached hydrogen (secondary N) is 1. The molecule has 0 radical (unpaired) electrons. The van der Waals surface area contributed by atoms with Gasteiger partial charge in [0.25, 0.3) is 0 Å². The Morgan fingerprint density at radius 2 is 2.05 bits per heavy atom. The molecule has 0 aromatic heterocycles. The molecule has 0 bridgehead atoms. The number of aryl methyl sites for hydroxylation is 1. The molecular formula is C16H24ClNO. The van der Waals surface area contributed by atoms with Crippen molar-refractivity contribution in [3.63, 3.8) is 0 Å². The van der Waals surface area contributed by atoms with Gasteiger partial charge in [0.2, 0.25) is 0 Å². The summed E-state index contributed by atoms with van der Waals surface area (Å²) in [4.78, 5) is 0. The second-order valence-electron chi connectivity index (χ2n) is 5.76. The Kier molecular flexibility index (Phi) is 5.12. The van der Waals surface area contributed by atoms with E-state index >= 15 is 0 Å². The molecule has 0 aliphatic heterocycles. The van der Waals surface area contributed by atoms with Gasteiger partial charge in [0.05, 0.1) is 7.11 Å². The van der Waals surface area contributed by atoms with Gasteiger partial charge in [0.1, 0.15) is 5.75 Å². The maximum absolute atomic E-state index is 6.17. The third-order valence-corrected chi connectivity index (χ3v) is 4.77. The lowest BCUT2D eigenvalue weighted by atomic mass is 9.88. The van der Waals surface area contributed by atoms with Gasteiger partial charge in [-0.2, -0.15) is 0 Å². The predicted octanol–water partition coefficient (Wildman–Crippen LogP) is 3.89. The highest BCUT2D eigenvalue weighted by atomic mass is 35.5. The number of methoxy groups -OCH3 is 1. The van der Waals surface area contributed by atoms with Gasteiger partial charge in [0, 0.05) is 24.5 Å². The van der Waals surface area contributed by atoms with Crippen LogP contribution >= 0.6 is 11.6 Å². The van der Waals surface area contributed by atoms with Gasteiger partial charge in [-0.1, -0.05) is 30.5 Å². The SMILES string of the molecule is COc1ccc(C)cc1CNCC1(CCl)CCCC1. The highest BCUT2D eigenvalue weighted by Crippen LogP contribution is 2.38.